The Kier molecular flexibility index (Phi) is 7.96. The summed E-state index contributed by atoms with van der Waals surface area (Å²) in [6.07, 6.45) is 7.36. The van der Waals surface area contributed by atoms with E-state index in [1.54, 1.807) is 7.11 Å². The zero-order valence-electron chi connectivity index (χ0n) is 32.1. The van der Waals surface area contributed by atoms with Gasteiger partial charge < -0.3 is 29.6 Å². The van der Waals surface area contributed by atoms with Crippen molar-refractivity contribution < 1.29 is 29.3 Å². The van der Waals surface area contributed by atoms with E-state index in [2.05, 4.69) is 56.3 Å². The Morgan fingerprint density at radius 1 is 1.11 bits per heavy atom. The lowest BCUT2D eigenvalue weighted by Gasteiger charge is -2.60. The topological polar surface area (TPSA) is 157 Å². The van der Waals surface area contributed by atoms with E-state index in [1.807, 2.05) is 38.2 Å². The molecule has 12 heteroatoms. The number of nitrogens with one attached hydrogen (secondary N) is 2. The molecule has 2 aromatic carbocycles. The molecule has 6 aliphatic rings. The fourth-order valence-electron chi connectivity index (χ4n) is 13.0. The Hall–Kier alpha value is -3.94. The summed E-state index contributed by atoms with van der Waals surface area (Å²) in [7, 11) is 5.05. The summed E-state index contributed by atoms with van der Waals surface area (Å²) in [4.78, 5) is 40.2. The van der Waals surface area contributed by atoms with Crippen LogP contribution in [-0.4, -0.2) is 114 Å². The Balaban J connectivity index is 1.41. The number of nitrogens with two attached hydrogens (primary N) is 1. The van der Waals surface area contributed by atoms with Crippen LogP contribution in [0.15, 0.2) is 48.6 Å². The number of amides is 1. The number of H-pyrrole nitrogens is 1. The first-order valence-corrected chi connectivity index (χ1v) is 19.6. The summed E-state index contributed by atoms with van der Waals surface area (Å²) >= 11 is 0. The summed E-state index contributed by atoms with van der Waals surface area (Å²) in [6.45, 7) is 7.74. The van der Waals surface area contributed by atoms with Gasteiger partial charge in [-0.05, 0) is 79.8 Å². The number of para-hydroxylation sites is 1. The highest BCUT2D eigenvalue weighted by Crippen LogP contribution is 2.68. The second-order valence-corrected chi connectivity index (χ2v) is 17.5. The van der Waals surface area contributed by atoms with E-state index in [1.165, 1.54) is 7.11 Å². The van der Waals surface area contributed by atoms with Crippen LogP contribution in [0.4, 0.5) is 5.69 Å². The maximum atomic E-state index is 15.4. The molecular formula is C42H54N6O6. The summed E-state index contributed by atoms with van der Waals surface area (Å²) in [6, 6.07) is 11.5. The molecule has 1 spiro atoms. The van der Waals surface area contributed by atoms with Gasteiger partial charge in [-0.25, -0.2) is 5.84 Å². The third-order valence-electron chi connectivity index (χ3n) is 14.7. The number of aliphatic hydroxyl groups is 2. The largest absolute Gasteiger partial charge is 0.497 e. The lowest BCUT2D eigenvalue weighted by atomic mass is 9.49. The second-order valence-electron chi connectivity index (χ2n) is 17.5. The number of piperidine rings is 1. The molecule has 288 valence electrons. The minimum absolute atomic E-state index is 0.0660. The number of nitrogens with zero attached hydrogens (tertiary/aromatic N) is 3. The highest BCUT2D eigenvalue weighted by Gasteiger charge is 2.75. The Bertz CT molecular complexity index is 2080. The van der Waals surface area contributed by atoms with Crippen molar-refractivity contribution in [1.82, 2.24) is 20.2 Å². The minimum Gasteiger partial charge on any atom is -0.497 e. The highest BCUT2D eigenvalue weighted by atomic mass is 16.5. The number of likely N-dealkylation sites (N-methyl/N-ethyl adjacent to an activating group) is 1. The van der Waals surface area contributed by atoms with Gasteiger partial charge in [-0.15, -0.1) is 0 Å². The van der Waals surface area contributed by atoms with E-state index in [4.69, 9.17) is 15.3 Å². The van der Waals surface area contributed by atoms with Gasteiger partial charge in [0.25, 0.3) is 5.91 Å². The first-order chi connectivity index (χ1) is 25.8. The van der Waals surface area contributed by atoms with E-state index in [-0.39, 0.29) is 24.3 Å². The minimum atomic E-state index is -1.87. The second kappa shape index (κ2) is 12.0. The van der Waals surface area contributed by atoms with Gasteiger partial charge in [-0.2, -0.15) is 0 Å². The van der Waals surface area contributed by atoms with Crippen LogP contribution in [0.2, 0.25) is 0 Å². The number of carbonyl (C=O) groups is 2. The van der Waals surface area contributed by atoms with Crippen molar-refractivity contribution in [2.75, 3.05) is 58.9 Å². The Labute approximate surface area is 316 Å². The van der Waals surface area contributed by atoms with Crippen molar-refractivity contribution >= 4 is 28.5 Å². The molecule has 1 saturated carbocycles. The van der Waals surface area contributed by atoms with Crippen LogP contribution in [0.25, 0.3) is 10.9 Å². The molecule has 1 aliphatic carbocycles. The van der Waals surface area contributed by atoms with Crippen molar-refractivity contribution in [1.29, 1.82) is 0 Å². The average molecular weight is 739 g/mol. The smallest absolute Gasteiger partial charge is 0.322 e. The number of methoxy groups -OCH3 is 2. The SMILES string of the molecule is CC[C@]1(O)C[C@@H]2C[N@@](CCc3c([nH]c4ccccc34)[C@@](C(=O)OC)(c3cc(OC)cc4c3[C@@]35CCN6CC=C[C@@](C)(C[C@](O)(C(=O)NN)[C@@H]3N4C)[C@H]65)C2)C1. The molecule has 2 bridgehead atoms. The molecular weight excluding hydrogens is 684 g/mol. The van der Waals surface area contributed by atoms with Crippen molar-refractivity contribution in [3.05, 3.63) is 70.9 Å². The number of hydrogen-bond donors (Lipinski definition) is 5. The van der Waals surface area contributed by atoms with Gasteiger partial charge in [0, 0.05) is 78.4 Å². The molecule has 3 aromatic rings. The lowest BCUT2D eigenvalue weighted by Crippen LogP contribution is -2.75. The maximum absolute atomic E-state index is 15.4. The fourth-order valence-corrected chi connectivity index (χ4v) is 13.0. The van der Waals surface area contributed by atoms with Crippen molar-refractivity contribution in [2.24, 2.45) is 17.2 Å². The summed E-state index contributed by atoms with van der Waals surface area (Å²) in [5, 5.41) is 26.0. The fraction of sp³-hybridized carbons (Fsp3) is 0.571. The summed E-state index contributed by atoms with van der Waals surface area (Å²) in [5.41, 5.74) is 2.11. The van der Waals surface area contributed by atoms with E-state index in [9.17, 15) is 15.0 Å². The normalized spacial score (nSPS) is 38.0. The third kappa shape index (κ3) is 4.54. The van der Waals surface area contributed by atoms with Crippen molar-refractivity contribution in [2.45, 2.75) is 86.5 Å². The number of hydrazine groups is 1. The average Bonchev–Trinajstić information content (AvgIpc) is 3.82. The molecule has 1 aromatic heterocycles. The number of aromatic amines is 1. The quantitative estimate of drug-likeness (QED) is 0.0868. The van der Waals surface area contributed by atoms with Crippen molar-refractivity contribution in [3.63, 3.8) is 0 Å². The predicted octanol–water partition coefficient (Wildman–Crippen LogP) is 2.88. The van der Waals surface area contributed by atoms with Gasteiger partial charge in [0.15, 0.2) is 5.60 Å². The maximum Gasteiger partial charge on any atom is 0.322 e. The van der Waals surface area contributed by atoms with Gasteiger partial charge in [-0.3, -0.25) is 24.8 Å². The van der Waals surface area contributed by atoms with Gasteiger partial charge in [-0.1, -0.05) is 44.2 Å². The molecule has 2 saturated heterocycles. The van der Waals surface area contributed by atoms with Gasteiger partial charge in [0.05, 0.1) is 25.9 Å². The van der Waals surface area contributed by atoms with E-state index < -0.39 is 39.4 Å². The molecule has 3 fully saturated rings. The van der Waals surface area contributed by atoms with Gasteiger partial charge >= 0.3 is 5.97 Å². The molecule has 6 heterocycles. The number of anilines is 1. The van der Waals surface area contributed by atoms with Gasteiger partial charge in [0.1, 0.15) is 11.2 Å². The number of carbonyl (C=O) groups excluding carboxylic acids is 2. The monoisotopic (exact) mass is 738 g/mol. The van der Waals surface area contributed by atoms with E-state index >= 15 is 4.79 Å². The number of fused-ring (bicyclic) bond motifs is 6. The van der Waals surface area contributed by atoms with Crippen LogP contribution >= 0.6 is 0 Å². The first-order valence-electron chi connectivity index (χ1n) is 19.6. The highest BCUT2D eigenvalue weighted by molar-refractivity contribution is 5.95. The van der Waals surface area contributed by atoms with Crippen LogP contribution in [-0.2, 0) is 31.6 Å². The number of ether oxygens (including phenoxy) is 2. The van der Waals surface area contributed by atoms with Gasteiger partial charge in [0.2, 0.25) is 0 Å². The molecule has 9 rings (SSSR count). The number of esters is 1. The van der Waals surface area contributed by atoms with E-state index in [0.717, 1.165) is 65.2 Å². The van der Waals surface area contributed by atoms with Crippen LogP contribution < -0.4 is 20.9 Å². The molecule has 0 radical (unpaired) electrons. The summed E-state index contributed by atoms with van der Waals surface area (Å²) in [5.74, 6) is 5.39. The number of rotatable bonds is 5. The molecule has 54 heavy (non-hydrogen) atoms. The third-order valence-corrected chi connectivity index (χ3v) is 14.7. The Morgan fingerprint density at radius 3 is 2.65 bits per heavy atom. The van der Waals surface area contributed by atoms with Crippen LogP contribution in [0.3, 0.4) is 0 Å². The van der Waals surface area contributed by atoms with Crippen LogP contribution in [0.5, 0.6) is 5.75 Å². The first kappa shape index (κ1) is 35.7. The standard InChI is InChI=1S/C42H54N6O6/c1-6-39(51)20-25-21-41(37(50)54-5,33-28(12-16-47(22-25)24-39)27-10-7-8-11-30(27)44-33)29-18-26(53-4)19-31-32(29)40-14-17-48-15-9-13-38(2,34(40)48)23-42(52,36(49)45-43)35(40)46(31)3/h7-11,13,18-19,25,34-35,44,51-52H,6,12,14-17,20-24,43H2,1-5H3,(H,45,49)/t25-,34-,35+,38-,39-,40+,41-,42+/m0/s1. The zero-order valence-corrected chi connectivity index (χ0v) is 32.1. The summed E-state index contributed by atoms with van der Waals surface area (Å²) < 4.78 is 12.1. The number of hydrogen-bond acceptors (Lipinski definition) is 10. The number of benzene rings is 2. The van der Waals surface area contributed by atoms with Crippen molar-refractivity contribution in [3.8, 4) is 5.75 Å². The molecule has 5 aliphatic heterocycles. The Morgan fingerprint density at radius 2 is 1.91 bits per heavy atom. The van der Waals surface area contributed by atoms with Crippen LogP contribution in [0, 0.1) is 11.3 Å². The van der Waals surface area contributed by atoms with Crippen LogP contribution in [0.1, 0.15) is 68.3 Å². The molecule has 0 unspecified atom stereocenters. The zero-order chi connectivity index (χ0) is 38.0. The van der Waals surface area contributed by atoms with E-state index in [0.29, 0.717) is 44.4 Å². The lowest BCUT2D eigenvalue weighted by molar-refractivity contribution is -0.158. The molecule has 1 amide bonds. The number of aromatic nitrogens is 1. The molecule has 12 nitrogen and oxygen atoms in total. The molecule has 6 N–H and O–H groups in total. The predicted molar refractivity (Wildman–Crippen MR) is 205 cm³/mol. The molecule has 9 atom stereocenters.